The van der Waals surface area contributed by atoms with Crippen molar-refractivity contribution in [3.8, 4) is 0 Å². The van der Waals surface area contributed by atoms with Crippen molar-refractivity contribution < 1.29 is 47.3 Å². The third-order valence-corrected chi connectivity index (χ3v) is 7.93. The summed E-state index contributed by atoms with van der Waals surface area (Å²) in [5, 5.41) is 2.11. The molecule has 0 saturated carbocycles. The highest BCUT2D eigenvalue weighted by Crippen LogP contribution is 2.40. The molecule has 3 aliphatic heterocycles. The van der Waals surface area contributed by atoms with Crippen molar-refractivity contribution >= 4 is 36.1 Å². The number of unbranched alkanes of at least 4 members (excludes halogenated alkanes) is 4. The van der Waals surface area contributed by atoms with Gasteiger partial charge in [0.25, 0.3) is 0 Å². The lowest BCUT2D eigenvalue weighted by Crippen LogP contribution is -2.46. The van der Waals surface area contributed by atoms with Crippen LogP contribution in [0.4, 0.5) is 4.79 Å². The number of aryl methyl sites for hydroxylation is 1. The number of hydrogen-bond donors (Lipinski definition) is 1. The van der Waals surface area contributed by atoms with Crippen molar-refractivity contribution in [2.24, 2.45) is 0 Å². The molecule has 12 heteroatoms. The second kappa shape index (κ2) is 17.8. The minimum atomic E-state index is -1.05. The van der Waals surface area contributed by atoms with E-state index >= 15 is 0 Å². The Kier molecular flexibility index (Phi) is 13.5. The summed E-state index contributed by atoms with van der Waals surface area (Å²) in [7, 11) is 0. The smallest absolute Gasteiger partial charge is 0.414 e. The number of epoxide rings is 2. The van der Waals surface area contributed by atoms with Crippen LogP contribution in [0.25, 0.3) is 12.2 Å². The Morgan fingerprint density at radius 1 is 1.04 bits per heavy atom. The van der Waals surface area contributed by atoms with Crippen LogP contribution in [0.5, 0.6) is 0 Å². The molecule has 2 amide bonds. The summed E-state index contributed by atoms with van der Waals surface area (Å²) >= 11 is 0. The molecule has 2 fully saturated rings. The van der Waals surface area contributed by atoms with Crippen molar-refractivity contribution in [3.63, 3.8) is 0 Å². The highest BCUT2D eigenvalue weighted by atomic mass is 16.7. The lowest BCUT2D eigenvalue weighted by atomic mass is 10.00. The molecule has 1 N–H and O–H groups in total. The Hall–Kier alpha value is -4.03. The number of rotatable bonds is 12. The molecule has 0 unspecified atom stereocenters. The summed E-state index contributed by atoms with van der Waals surface area (Å²) in [6.45, 7) is 7.37. The molecule has 0 radical (unpaired) electrons. The maximum atomic E-state index is 13.0. The van der Waals surface area contributed by atoms with Crippen molar-refractivity contribution in [2.45, 2.75) is 122 Å². The van der Waals surface area contributed by atoms with Crippen molar-refractivity contribution in [2.75, 3.05) is 6.61 Å². The van der Waals surface area contributed by atoms with Crippen molar-refractivity contribution in [3.05, 3.63) is 53.3 Å². The number of carbonyl (C=O) groups excluding carboxylic acids is 4. The maximum absolute atomic E-state index is 13.0. The van der Waals surface area contributed by atoms with Gasteiger partial charge < -0.3 is 28.1 Å². The monoisotopic (exact) mass is 654 g/mol. The zero-order valence-corrected chi connectivity index (χ0v) is 27.6. The first-order valence-electron chi connectivity index (χ1n) is 16.5. The second-order valence-corrected chi connectivity index (χ2v) is 12.0. The number of hydrogen-bond acceptors (Lipinski definition) is 11. The number of allylic oxidation sites excluding steroid dienone is 3. The zero-order chi connectivity index (χ0) is 33.8. The van der Waals surface area contributed by atoms with Crippen molar-refractivity contribution in [1.82, 2.24) is 10.3 Å². The lowest BCUT2D eigenvalue weighted by molar-refractivity contribution is -0.151. The fraction of sp³-hybridized carbons (Fsp3) is 0.571. The first kappa shape index (κ1) is 35.8. The van der Waals surface area contributed by atoms with Crippen LogP contribution in [-0.4, -0.2) is 72.2 Å². The van der Waals surface area contributed by atoms with Gasteiger partial charge in [-0.3, -0.25) is 14.9 Å². The predicted molar refractivity (Wildman–Crippen MR) is 172 cm³/mol. The number of carbonyl (C=O) groups is 4. The van der Waals surface area contributed by atoms with Crippen LogP contribution in [0, 0.1) is 6.92 Å². The normalized spacial score (nSPS) is 28.2. The molecule has 4 heterocycles. The number of nitrogens with zero attached hydrogens (tertiary/aromatic N) is 1. The van der Waals surface area contributed by atoms with Crippen LogP contribution in [0.15, 0.2) is 40.4 Å². The molecule has 3 aliphatic rings. The fourth-order valence-electron chi connectivity index (χ4n) is 5.34. The minimum absolute atomic E-state index is 0.207. The van der Waals surface area contributed by atoms with Crippen LogP contribution in [0.1, 0.15) is 95.9 Å². The van der Waals surface area contributed by atoms with E-state index in [2.05, 4.69) is 17.2 Å². The van der Waals surface area contributed by atoms with E-state index in [-0.39, 0.29) is 18.7 Å². The number of esters is 2. The topological polar surface area (TPSA) is 159 Å². The van der Waals surface area contributed by atoms with Gasteiger partial charge >= 0.3 is 18.0 Å². The van der Waals surface area contributed by atoms with Crippen LogP contribution in [-0.2, 0) is 38.1 Å². The van der Waals surface area contributed by atoms with Gasteiger partial charge in [-0.05, 0) is 51.7 Å². The summed E-state index contributed by atoms with van der Waals surface area (Å²) in [6.07, 6.45) is 14.1. The van der Waals surface area contributed by atoms with E-state index in [1.807, 2.05) is 26.0 Å². The molecule has 1 aromatic heterocycles. The van der Waals surface area contributed by atoms with Gasteiger partial charge in [-0.15, -0.1) is 0 Å². The molecule has 256 valence electrons. The van der Waals surface area contributed by atoms with Gasteiger partial charge in [-0.25, -0.2) is 14.6 Å². The minimum Gasteiger partial charge on any atom is -0.465 e. The molecule has 12 nitrogen and oxygen atoms in total. The van der Waals surface area contributed by atoms with E-state index in [4.69, 9.17) is 28.1 Å². The van der Waals surface area contributed by atoms with Crippen LogP contribution >= 0.6 is 0 Å². The predicted octanol–water partition coefficient (Wildman–Crippen LogP) is 5.69. The Balaban J connectivity index is 1.43. The zero-order valence-electron chi connectivity index (χ0n) is 27.6. The summed E-state index contributed by atoms with van der Waals surface area (Å²) in [6, 6.07) is 0. The number of fused-ring (bicyclic) bond motifs is 3. The number of oxazole rings is 1. The molecule has 0 aromatic carbocycles. The number of cyclic esters (lactones) is 1. The number of imide groups is 1. The van der Waals surface area contributed by atoms with E-state index < -0.39 is 48.5 Å². The third kappa shape index (κ3) is 11.9. The molecule has 47 heavy (non-hydrogen) atoms. The van der Waals surface area contributed by atoms with Crippen LogP contribution in [0.3, 0.4) is 0 Å². The van der Waals surface area contributed by atoms with E-state index in [9.17, 15) is 19.2 Å². The second-order valence-electron chi connectivity index (χ2n) is 12.0. The molecule has 0 aliphatic carbocycles. The lowest BCUT2D eigenvalue weighted by Gasteiger charge is -2.24. The van der Waals surface area contributed by atoms with E-state index in [1.165, 1.54) is 25.5 Å². The number of amides is 2. The van der Waals surface area contributed by atoms with Gasteiger partial charge in [-0.1, -0.05) is 62.5 Å². The Morgan fingerprint density at radius 3 is 2.62 bits per heavy atom. The van der Waals surface area contributed by atoms with Crippen LogP contribution < -0.4 is 5.32 Å². The SMILES string of the molecule is CCCCCCCC(=O)OCC/C=C/[C@@H]1O[C@H]1[C@@H]1OC(=O)/C=C\C=C/c2nc(oc2C)/C=C(/C)CC[C@H]2O[C@@H]2[C@H]1OC(=O)NC(C)=O. The average Bonchev–Trinajstić information content (AvgIpc) is 3.93. The summed E-state index contributed by atoms with van der Waals surface area (Å²) < 4.78 is 34.4. The number of aromatic nitrogens is 1. The Labute approximate surface area is 275 Å². The van der Waals surface area contributed by atoms with E-state index in [0.29, 0.717) is 43.0 Å². The van der Waals surface area contributed by atoms with Crippen LogP contribution in [0.2, 0.25) is 0 Å². The third-order valence-electron chi connectivity index (χ3n) is 7.93. The maximum Gasteiger partial charge on any atom is 0.414 e. The molecular formula is C35H46N2O10. The Bertz CT molecular complexity index is 1380. The molecule has 4 rings (SSSR count). The van der Waals surface area contributed by atoms with Gasteiger partial charge in [0.1, 0.15) is 29.8 Å². The molecular weight excluding hydrogens is 608 g/mol. The first-order chi connectivity index (χ1) is 22.6. The molecule has 2 bridgehead atoms. The molecule has 1 aromatic rings. The summed E-state index contributed by atoms with van der Waals surface area (Å²) in [5.41, 5.74) is 1.65. The quantitative estimate of drug-likeness (QED) is 0.0970. The molecule has 6 atom stereocenters. The standard InChI is InChI=1S/C35H46N2O10/c1-5-6-7-8-9-16-29(39)42-20-13-12-15-26-31(44-26)33-34(47-35(41)36-24(4)38)32-27(45-32)19-18-22(2)21-28-37-25(23(3)43-28)14-10-11-17-30(40)46-33/h10-12,14-15,17,21,26-27,31-34H,5-9,13,16,18-20H2,1-4H3,(H,36,38,41)/b14-10-,15-12+,17-11-,22-21-/t26-,27+,31+,32-,33-,34+/m0/s1. The van der Waals surface area contributed by atoms with Gasteiger partial charge in [0.05, 0.1) is 12.7 Å². The van der Waals surface area contributed by atoms with Gasteiger partial charge in [-0.2, -0.15) is 0 Å². The summed E-state index contributed by atoms with van der Waals surface area (Å²) in [4.78, 5) is 53.6. The first-order valence-corrected chi connectivity index (χ1v) is 16.5. The molecule has 0 spiro atoms. The average molecular weight is 655 g/mol. The highest BCUT2D eigenvalue weighted by molar-refractivity contribution is 5.90. The Morgan fingerprint density at radius 2 is 1.83 bits per heavy atom. The number of ether oxygens (including phenoxy) is 5. The summed E-state index contributed by atoms with van der Waals surface area (Å²) in [5.74, 6) is -0.364. The van der Waals surface area contributed by atoms with Gasteiger partial charge in [0.15, 0.2) is 12.2 Å². The van der Waals surface area contributed by atoms with Crippen molar-refractivity contribution in [1.29, 1.82) is 0 Å². The molecule has 2 saturated heterocycles. The van der Waals surface area contributed by atoms with E-state index in [0.717, 1.165) is 31.3 Å². The largest absolute Gasteiger partial charge is 0.465 e. The number of alkyl carbamates (subject to hydrolysis) is 1. The number of nitrogens with one attached hydrogen (secondary N) is 1. The highest BCUT2D eigenvalue weighted by Gasteiger charge is 2.58. The van der Waals surface area contributed by atoms with Gasteiger partial charge in [0, 0.05) is 19.4 Å². The fourth-order valence-corrected chi connectivity index (χ4v) is 5.34. The van der Waals surface area contributed by atoms with E-state index in [1.54, 1.807) is 18.2 Å². The van der Waals surface area contributed by atoms with Gasteiger partial charge in [0.2, 0.25) is 11.8 Å².